The molecule has 21 heavy (non-hydrogen) atoms. The fourth-order valence-corrected chi connectivity index (χ4v) is 2.29. The number of aromatic nitrogens is 2. The summed E-state index contributed by atoms with van der Waals surface area (Å²) in [4.78, 5) is 16.4. The van der Waals surface area contributed by atoms with Crippen LogP contribution in [-0.4, -0.2) is 21.2 Å². The van der Waals surface area contributed by atoms with E-state index in [0.29, 0.717) is 23.7 Å². The SMILES string of the molecule is Cc1noc(C)c1C(C)C(=O)NCc1cccc(CO)n1. The number of rotatable bonds is 5. The zero-order valence-corrected chi connectivity index (χ0v) is 12.4. The number of pyridine rings is 1. The van der Waals surface area contributed by atoms with Crippen LogP contribution in [0.4, 0.5) is 0 Å². The van der Waals surface area contributed by atoms with Gasteiger partial charge in [-0.25, -0.2) is 0 Å². The van der Waals surface area contributed by atoms with Crippen LogP contribution in [0.3, 0.4) is 0 Å². The molecule has 0 aliphatic rings. The first-order valence-corrected chi connectivity index (χ1v) is 6.79. The summed E-state index contributed by atoms with van der Waals surface area (Å²) in [6.45, 7) is 5.64. The van der Waals surface area contributed by atoms with Crippen LogP contribution in [0.15, 0.2) is 22.7 Å². The molecule has 0 bridgehead atoms. The van der Waals surface area contributed by atoms with E-state index < -0.39 is 0 Å². The topological polar surface area (TPSA) is 88.2 Å². The van der Waals surface area contributed by atoms with Crippen LogP contribution in [0.25, 0.3) is 0 Å². The molecule has 0 fully saturated rings. The van der Waals surface area contributed by atoms with Crippen molar-refractivity contribution >= 4 is 5.91 Å². The van der Waals surface area contributed by atoms with Gasteiger partial charge in [0.25, 0.3) is 0 Å². The zero-order valence-electron chi connectivity index (χ0n) is 12.4. The molecular formula is C15H19N3O3. The summed E-state index contributed by atoms with van der Waals surface area (Å²) in [5.41, 5.74) is 2.85. The van der Waals surface area contributed by atoms with Gasteiger partial charge in [0.2, 0.25) is 5.91 Å². The number of aryl methyl sites for hydroxylation is 2. The maximum Gasteiger partial charge on any atom is 0.227 e. The monoisotopic (exact) mass is 289 g/mol. The van der Waals surface area contributed by atoms with E-state index in [-0.39, 0.29) is 18.4 Å². The minimum Gasteiger partial charge on any atom is -0.390 e. The van der Waals surface area contributed by atoms with Gasteiger partial charge in [0.1, 0.15) is 5.76 Å². The first-order valence-electron chi connectivity index (χ1n) is 6.79. The lowest BCUT2D eigenvalue weighted by molar-refractivity contribution is -0.122. The van der Waals surface area contributed by atoms with E-state index in [2.05, 4.69) is 15.5 Å². The molecule has 2 aromatic rings. The average molecular weight is 289 g/mol. The van der Waals surface area contributed by atoms with E-state index >= 15 is 0 Å². The highest BCUT2D eigenvalue weighted by Gasteiger charge is 2.22. The number of nitrogens with one attached hydrogen (secondary N) is 1. The van der Waals surface area contributed by atoms with E-state index in [4.69, 9.17) is 9.63 Å². The van der Waals surface area contributed by atoms with Gasteiger partial charge in [-0.05, 0) is 32.9 Å². The van der Waals surface area contributed by atoms with Gasteiger partial charge in [0, 0.05) is 5.56 Å². The summed E-state index contributed by atoms with van der Waals surface area (Å²) in [6.07, 6.45) is 0. The summed E-state index contributed by atoms with van der Waals surface area (Å²) >= 11 is 0. The molecule has 0 spiro atoms. The number of hydrogen-bond acceptors (Lipinski definition) is 5. The minimum atomic E-state index is -0.336. The smallest absolute Gasteiger partial charge is 0.227 e. The Bertz CT molecular complexity index is 617. The van der Waals surface area contributed by atoms with Crippen molar-refractivity contribution < 1.29 is 14.4 Å². The normalized spacial score (nSPS) is 12.2. The molecule has 0 aliphatic heterocycles. The van der Waals surface area contributed by atoms with Crippen LogP contribution in [0.2, 0.25) is 0 Å². The van der Waals surface area contributed by atoms with E-state index in [1.807, 2.05) is 13.8 Å². The third-order valence-electron chi connectivity index (χ3n) is 3.39. The van der Waals surface area contributed by atoms with Crippen LogP contribution >= 0.6 is 0 Å². The highest BCUT2D eigenvalue weighted by atomic mass is 16.5. The zero-order chi connectivity index (χ0) is 15.4. The molecule has 1 atom stereocenters. The van der Waals surface area contributed by atoms with Crippen molar-refractivity contribution in [3.63, 3.8) is 0 Å². The van der Waals surface area contributed by atoms with Gasteiger partial charge in [-0.1, -0.05) is 11.2 Å². The van der Waals surface area contributed by atoms with Gasteiger partial charge in [0.15, 0.2) is 0 Å². The number of nitrogens with zero attached hydrogens (tertiary/aromatic N) is 2. The lowest BCUT2D eigenvalue weighted by Gasteiger charge is -2.12. The number of aliphatic hydroxyl groups excluding tert-OH is 1. The van der Waals surface area contributed by atoms with E-state index in [9.17, 15) is 4.79 Å². The van der Waals surface area contributed by atoms with Crippen LogP contribution in [0.5, 0.6) is 0 Å². The number of carbonyl (C=O) groups is 1. The summed E-state index contributed by atoms with van der Waals surface area (Å²) in [5, 5.41) is 15.8. The van der Waals surface area contributed by atoms with Gasteiger partial charge in [0.05, 0.1) is 36.2 Å². The van der Waals surface area contributed by atoms with Crippen LogP contribution in [0, 0.1) is 13.8 Å². The fourth-order valence-electron chi connectivity index (χ4n) is 2.29. The van der Waals surface area contributed by atoms with Crippen molar-refractivity contribution in [1.82, 2.24) is 15.5 Å². The number of amides is 1. The van der Waals surface area contributed by atoms with Crippen LogP contribution < -0.4 is 5.32 Å². The predicted molar refractivity (Wildman–Crippen MR) is 76.4 cm³/mol. The second-order valence-electron chi connectivity index (χ2n) is 4.96. The second kappa shape index (κ2) is 6.49. The maximum atomic E-state index is 12.2. The molecule has 1 amide bonds. The first-order chi connectivity index (χ1) is 10.0. The molecule has 6 heteroatoms. The van der Waals surface area contributed by atoms with E-state index in [1.165, 1.54) is 0 Å². The summed E-state index contributed by atoms with van der Waals surface area (Å²) < 4.78 is 5.09. The Balaban J connectivity index is 2.01. The van der Waals surface area contributed by atoms with Crippen molar-refractivity contribution in [2.45, 2.75) is 39.8 Å². The summed E-state index contributed by atoms with van der Waals surface area (Å²) in [5.74, 6) is 0.216. The second-order valence-corrected chi connectivity index (χ2v) is 4.96. The van der Waals surface area contributed by atoms with E-state index in [1.54, 1.807) is 25.1 Å². The van der Waals surface area contributed by atoms with E-state index in [0.717, 1.165) is 11.3 Å². The van der Waals surface area contributed by atoms with Gasteiger partial charge in [-0.2, -0.15) is 0 Å². The minimum absolute atomic E-state index is 0.111. The highest BCUT2D eigenvalue weighted by Crippen LogP contribution is 2.23. The predicted octanol–water partition coefficient (Wildman–Crippen LogP) is 1.60. The molecule has 2 heterocycles. The summed E-state index contributed by atoms with van der Waals surface area (Å²) in [6, 6.07) is 5.34. The van der Waals surface area contributed by atoms with Gasteiger partial charge in [-0.15, -0.1) is 0 Å². The van der Waals surface area contributed by atoms with Gasteiger partial charge < -0.3 is 14.9 Å². The fraction of sp³-hybridized carbons (Fsp3) is 0.400. The molecule has 0 saturated carbocycles. The molecular weight excluding hydrogens is 270 g/mol. The molecule has 2 aromatic heterocycles. The average Bonchev–Trinajstić information content (AvgIpc) is 2.83. The third-order valence-corrected chi connectivity index (χ3v) is 3.39. The molecule has 2 rings (SSSR count). The molecule has 0 radical (unpaired) electrons. The molecule has 0 aromatic carbocycles. The Hall–Kier alpha value is -2.21. The molecule has 112 valence electrons. The largest absolute Gasteiger partial charge is 0.390 e. The third kappa shape index (κ3) is 3.46. The van der Waals surface area contributed by atoms with Crippen molar-refractivity contribution in [1.29, 1.82) is 0 Å². The quantitative estimate of drug-likeness (QED) is 0.872. The molecule has 0 aliphatic carbocycles. The Kier molecular flexibility index (Phi) is 4.70. The molecule has 1 unspecified atom stereocenters. The van der Waals surface area contributed by atoms with Crippen molar-refractivity contribution in [3.8, 4) is 0 Å². The lowest BCUT2D eigenvalue weighted by Crippen LogP contribution is -2.28. The number of aliphatic hydroxyl groups is 1. The standard InChI is InChI=1S/C15H19N3O3/c1-9(14-10(2)18-21-11(14)3)15(20)16-7-12-5-4-6-13(8-19)17-12/h4-6,9,19H,7-8H2,1-3H3,(H,16,20). The number of carbonyl (C=O) groups excluding carboxylic acids is 1. The maximum absolute atomic E-state index is 12.2. The van der Waals surface area contributed by atoms with Crippen molar-refractivity contribution in [2.24, 2.45) is 0 Å². The van der Waals surface area contributed by atoms with Gasteiger partial charge >= 0.3 is 0 Å². The molecule has 6 nitrogen and oxygen atoms in total. The Morgan fingerprint density at radius 1 is 1.38 bits per heavy atom. The van der Waals surface area contributed by atoms with Gasteiger partial charge in [-0.3, -0.25) is 9.78 Å². The van der Waals surface area contributed by atoms with Crippen molar-refractivity contribution in [2.75, 3.05) is 0 Å². The molecule has 2 N–H and O–H groups in total. The molecule has 0 saturated heterocycles. The number of hydrogen-bond donors (Lipinski definition) is 2. The highest BCUT2D eigenvalue weighted by molar-refractivity contribution is 5.83. The Morgan fingerprint density at radius 2 is 2.10 bits per heavy atom. The Labute approximate surface area is 123 Å². The van der Waals surface area contributed by atoms with Crippen LogP contribution in [-0.2, 0) is 17.9 Å². The first kappa shape index (κ1) is 15.2. The Morgan fingerprint density at radius 3 is 2.71 bits per heavy atom. The summed E-state index contributed by atoms with van der Waals surface area (Å²) in [7, 11) is 0. The lowest BCUT2D eigenvalue weighted by atomic mass is 9.99. The van der Waals surface area contributed by atoms with Crippen molar-refractivity contribution in [3.05, 3.63) is 46.6 Å². The van der Waals surface area contributed by atoms with Crippen LogP contribution in [0.1, 0.15) is 41.2 Å².